The largest absolute Gasteiger partial charge is 0.359 e. The Morgan fingerprint density at radius 3 is 1.40 bits per heavy atom. The first-order valence-corrected chi connectivity index (χ1v) is 4.77. The molecule has 0 aliphatic heterocycles. The van der Waals surface area contributed by atoms with Crippen LogP contribution >= 0.6 is 0 Å². The van der Waals surface area contributed by atoms with Crippen LogP contribution in [0, 0.1) is 0 Å². The molecule has 2 unspecified atom stereocenters. The smallest absolute Gasteiger partial charge is 0.0950 e. The van der Waals surface area contributed by atoms with Crippen LogP contribution < -0.4 is 0 Å². The monoisotopic (exact) mass is 202 g/mol. The zero-order chi connectivity index (χ0) is 11.5. The molecule has 1 heteroatoms. The summed E-state index contributed by atoms with van der Waals surface area (Å²) in [6.07, 6.45) is 14.0. The van der Waals surface area contributed by atoms with Crippen molar-refractivity contribution in [2.45, 2.75) is 12.2 Å². The Bertz CT molecular complexity index is 243. The molecule has 0 saturated carbocycles. The summed E-state index contributed by atoms with van der Waals surface area (Å²) < 4.78 is 5.65. The van der Waals surface area contributed by atoms with Crippen LogP contribution in [0.5, 0.6) is 0 Å². The number of hydrogen-bond donors (Lipinski definition) is 0. The fourth-order valence-corrected chi connectivity index (χ4v) is 0.917. The molecular formula is C14H18O. The van der Waals surface area contributed by atoms with E-state index in [4.69, 9.17) is 4.74 Å². The Balaban J connectivity index is 4.34. The second-order valence-corrected chi connectivity index (χ2v) is 2.78. The molecule has 0 aliphatic carbocycles. The van der Waals surface area contributed by atoms with Gasteiger partial charge in [0.2, 0.25) is 0 Å². The van der Waals surface area contributed by atoms with Crippen molar-refractivity contribution in [3.05, 3.63) is 74.9 Å². The first-order valence-electron chi connectivity index (χ1n) is 4.77. The fourth-order valence-electron chi connectivity index (χ4n) is 0.917. The molecule has 0 aromatic rings. The molecule has 0 aliphatic rings. The highest BCUT2D eigenvalue weighted by Gasteiger charge is 2.04. The van der Waals surface area contributed by atoms with Crippen LogP contribution in [0.15, 0.2) is 74.9 Å². The highest BCUT2D eigenvalue weighted by Crippen LogP contribution is 2.04. The first-order chi connectivity index (χ1) is 7.28. The van der Waals surface area contributed by atoms with Crippen LogP contribution in [-0.4, -0.2) is 12.2 Å². The molecule has 0 heterocycles. The molecule has 0 fully saturated rings. The fraction of sp³-hybridized carbons (Fsp3) is 0.143. The molecule has 2 atom stereocenters. The van der Waals surface area contributed by atoms with Crippen molar-refractivity contribution >= 4 is 0 Å². The van der Waals surface area contributed by atoms with Gasteiger partial charge in [-0.25, -0.2) is 0 Å². The number of rotatable bonds is 8. The summed E-state index contributed by atoms with van der Waals surface area (Å²) in [5, 5.41) is 0. The first kappa shape index (κ1) is 13.4. The van der Waals surface area contributed by atoms with Gasteiger partial charge in [-0.15, -0.1) is 13.2 Å². The predicted octanol–water partition coefficient (Wildman–Crippen LogP) is 3.60. The minimum absolute atomic E-state index is 0.138. The Hall–Kier alpha value is -1.60. The van der Waals surface area contributed by atoms with Crippen molar-refractivity contribution in [1.82, 2.24) is 0 Å². The minimum atomic E-state index is -0.138. The Morgan fingerprint density at radius 2 is 1.13 bits per heavy atom. The highest BCUT2D eigenvalue weighted by atomic mass is 16.5. The minimum Gasteiger partial charge on any atom is -0.359 e. The standard InChI is InChI=1S/C14H18O/c1-5-9-11-13(7-3)15-14(8-4)12-10-6-2/h5-14H,1-4H2. The van der Waals surface area contributed by atoms with Gasteiger partial charge in [0.15, 0.2) is 0 Å². The van der Waals surface area contributed by atoms with E-state index >= 15 is 0 Å². The van der Waals surface area contributed by atoms with Crippen molar-refractivity contribution in [2.75, 3.05) is 0 Å². The quantitative estimate of drug-likeness (QED) is 0.431. The van der Waals surface area contributed by atoms with E-state index in [9.17, 15) is 0 Å². The number of ether oxygens (including phenoxy) is 1. The molecule has 0 saturated heterocycles. The van der Waals surface area contributed by atoms with Crippen LogP contribution in [0.3, 0.4) is 0 Å². The average Bonchev–Trinajstić information content (AvgIpc) is 2.28. The average molecular weight is 202 g/mol. The van der Waals surface area contributed by atoms with E-state index < -0.39 is 0 Å². The maximum atomic E-state index is 5.65. The Kier molecular flexibility index (Phi) is 8.02. The molecular weight excluding hydrogens is 184 g/mol. The second-order valence-electron chi connectivity index (χ2n) is 2.78. The van der Waals surface area contributed by atoms with Gasteiger partial charge in [-0.2, -0.15) is 0 Å². The Labute approximate surface area is 92.5 Å². The topological polar surface area (TPSA) is 9.23 Å². The van der Waals surface area contributed by atoms with Crippen molar-refractivity contribution in [3.8, 4) is 0 Å². The molecule has 80 valence electrons. The maximum absolute atomic E-state index is 5.65. The van der Waals surface area contributed by atoms with E-state index in [0.29, 0.717) is 0 Å². The molecule has 0 aromatic carbocycles. The van der Waals surface area contributed by atoms with Crippen molar-refractivity contribution < 1.29 is 4.74 Å². The third kappa shape index (κ3) is 6.47. The molecule has 1 nitrogen and oxygen atoms in total. The van der Waals surface area contributed by atoms with Gasteiger partial charge in [0, 0.05) is 0 Å². The van der Waals surface area contributed by atoms with E-state index in [1.165, 1.54) is 0 Å². The van der Waals surface area contributed by atoms with Gasteiger partial charge in [0.1, 0.15) is 0 Å². The van der Waals surface area contributed by atoms with Crippen molar-refractivity contribution in [2.24, 2.45) is 0 Å². The zero-order valence-corrected chi connectivity index (χ0v) is 9.01. The lowest BCUT2D eigenvalue weighted by Crippen LogP contribution is -2.14. The predicted molar refractivity (Wildman–Crippen MR) is 67.7 cm³/mol. The summed E-state index contributed by atoms with van der Waals surface area (Å²) in [5.74, 6) is 0. The van der Waals surface area contributed by atoms with Gasteiger partial charge in [0.25, 0.3) is 0 Å². The molecule has 15 heavy (non-hydrogen) atoms. The summed E-state index contributed by atoms with van der Waals surface area (Å²) in [7, 11) is 0. The summed E-state index contributed by atoms with van der Waals surface area (Å²) in [4.78, 5) is 0. The summed E-state index contributed by atoms with van der Waals surface area (Å²) in [6.45, 7) is 14.6. The zero-order valence-electron chi connectivity index (χ0n) is 9.01. The summed E-state index contributed by atoms with van der Waals surface area (Å²) in [5.41, 5.74) is 0. The van der Waals surface area contributed by atoms with Crippen molar-refractivity contribution in [3.63, 3.8) is 0 Å². The van der Waals surface area contributed by atoms with E-state index in [-0.39, 0.29) is 12.2 Å². The Morgan fingerprint density at radius 1 is 0.733 bits per heavy atom. The SMILES string of the molecule is C=CC=CC(C=C)OC(C=C)C=CC=C. The molecule has 0 aromatic heterocycles. The molecule has 0 spiro atoms. The lowest BCUT2D eigenvalue weighted by molar-refractivity contribution is 0.0968. The maximum Gasteiger partial charge on any atom is 0.0950 e. The van der Waals surface area contributed by atoms with Crippen molar-refractivity contribution in [1.29, 1.82) is 0 Å². The van der Waals surface area contributed by atoms with E-state index in [1.807, 2.05) is 24.3 Å². The molecule has 0 radical (unpaired) electrons. The van der Waals surface area contributed by atoms with Gasteiger partial charge in [-0.05, 0) is 0 Å². The van der Waals surface area contributed by atoms with Crippen LogP contribution in [0.25, 0.3) is 0 Å². The molecule has 0 rings (SSSR count). The van der Waals surface area contributed by atoms with Crippen LogP contribution in [0.1, 0.15) is 0 Å². The van der Waals surface area contributed by atoms with E-state index in [2.05, 4.69) is 26.3 Å². The van der Waals surface area contributed by atoms with Gasteiger partial charge in [-0.3, -0.25) is 0 Å². The number of allylic oxidation sites excluding steroid dienone is 4. The van der Waals surface area contributed by atoms with Gasteiger partial charge < -0.3 is 4.74 Å². The number of hydrogen-bond acceptors (Lipinski definition) is 1. The van der Waals surface area contributed by atoms with Gasteiger partial charge >= 0.3 is 0 Å². The van der Waals surface area contributed by atoms with Gasteiger partial charge in [0.05, 0.1) is 12.2 Å². The summed E-state index contributed by atoms with van der Waals surface area (Å²) in [6, 6.07) is 0. The lowest BCUT2D eigenvalue weighted by Gasteiger charge is -2.14. The third-order valence-corrected chi connectivity index (χ3v) is 1.65. The lowest BCUT2D eigenvalue weighted by atomic mass is 10.2. The highest BCUT2D eigenvalue weighted by molar-refractivity contribution is 5.10. The van der Waals surface area contributed by atoms with E-state index in [1.54, 1.807) is 24.3 Å². The molecule has 0 amide bonds. The third-order valence-electron chi connectivity index (χ3n) is 1.65. The molecule has 0 bridgehead atoms. The van der Waals surface area contributed by atoms with E-state index in [0.717, 1.165) is 0 Å². The van der Waals surface area contributed by atoms with Crippen LogP contribution in [0.4, 0.5) is 0 Å². The summed E-state index contributed by atoms with van der Waals surface area (Å²) >= 11 is 0. The normalized spacial score (nSPS) is 14.9. The van der Waals surface area contributed by atoms with Crippen LogP contribution in [-0.2, 0) is 4.74 Å². The van der Waals surface area contributed by atoms with Crippen LogP contribution in [0.2, 0.25) is 0 Å². The molecule has 0 N–H and O–H groups in total. The second kappa shape index (κ2) is 8.97. The van der Waals surface area contributed by atoms with Gasteiger partial charge in [-0.1, -0.05) is 61.8 Å².